The number of carbonyl (C=O) groups excluding carboxylic acids is 1. The summed E-state index contributed by atoms with van der Waals surface area (Å²) in [6.07, 6.45) is 0. The lowest BCUT2D eigenvalue weighted by atomic mass is 10.3. The van der Waals surface area contributed by atoms with Crippen molar-refractivity contribution in [3.8, 4) is 5.75 Å². The van der Waals surface area contributed by atoms with Crippen molar-refractivity contribution in [3.05, 3.63) is 23.0 Å². The Hall–Kier alpha value is -1.54. The Bertz CT molecular complexity index is 575. The molecule has 0 aliphatic carbocycles. The van der Waals surface area contributed by atoms with Crippen molar-refractivity contribution in [1.82, 2.24) is 0 Å². The molecule has 0 saturated heterocycles. The molecule has 0 radical (unpaired) electrons. The minimum Gasteiger partial charge on any atom is -0.506 e. The number of methoxy groups -OCH3 is 1. The minimum absolute atomic E-state index is 0.328. The lowest BCUT2D eigenvalue weighted by Gasteiger charge is -2.09. The fraction of sp³-hybridized carbons (Fsp3) is 0.222. The third-order valence-corrected chi connectivity index (χ3v) is 3.28. The van der Waals surface area contributed by atoms with Crippen LogP contribution in [-0.2, 0) is 19.6 Å². The molecular weight excluding hydrogens is 289 g/mol. The van der Waals surface area contributed by atoms with Crippen molar-refractivity contribution in [2.24, 2.45) is 0 Å². The first kappa shape index (κ1) is 14.5. The molecule has 0 bridgehead atoms. The van der Waals surface area contributed by atoms with Crippen LogP contribution in [-0.4, -0.2) is 32.4 Å². The van der Waals surface area contributed by atoms with Gasteiger partial charge in [-0.15, -0.1) is 0 Å². The predicted molar refractivity (Wildman–Crippen MR) is 62.5 cm³/mol. The Morgan fingerprint density at radius 2 is 2.17 bits per heavy atom. The maximum Gasteiger partial charge on any atom is 0.322 e. The van der Waals surface area contributed by atoms with Gasteiger partial charge < -0.3 is 9.84 Å². The highest BCUT2D eigenvalue weighted by atomic mass is 35.5. The van der Waals surface area contributed by atoms with Crippen LogP contribution in [0, 0.1) is 5.82 Å². The van der Waals surface area contributed by atoms with E-state index in [0.717, 1.165) is 13.2 Å². The minimum atomic E-state index is -4.06. The second-order valence-corrected chi connectivity index (χ2v) is 5.35. The average Bonchev–Trinajstić information content (AvgIpc) is 2.24. The van der Waals surface area contributed by atoms with Crippen LogP contribution in [0.25, 0.3) is 0 Å². The lowest BCUT2D eigenvalue weighted by molar-refractivity contribution is -0.137. The van der Waals surface area contributed by atoms with E-state index in [1.165, 1.54) is 0 Å². The zero-order chi connectivity index (χ0) is 13.9. The molecule has 0 aliphatic heterocycles. The summed E-state index contributed by atoms with van der Waals surface area (Å²) in [7, 11) is -3.03. The van der Waals surface area contributed by atoms with Crippen molar-refractivity contribution in [1.29, 1.82) is 0 Å². The molecule has 100 valence electrons. The topological polar surface area (TPSA) is 92.7 Å². The highest BCUT2D eigenvalue weighted by Gasteiger charge is 2.19. The van der Waals surface area contributed by atoms with Gasteiger partial charge in [0.25, 0.3) is 0 Å². The fourth-order valence-electron chi connectivity index (χ4n) is 1.04. The number of nitrogens with one attached hydrogen (secondary N) is 1. The lowest BCUT2D eigenvalue weighted by Crippen LogP contribution is -2.23. The number of halogens is 2. The summed E-state index contributed by atoms with van der Waals surface area (Å²) < 4.78 is 41.9. The normalized spacial score (nSPS) is 11.1. The first-order valence-corrected chi connectivity index (χ1v) is 6.53. The van der Waals surface area contributed by atoms with Crippen LogP contribution >= 0.6 is 11.6 Å². The Morgan fingerprint density at radius 1 is 1.56 bits per heavy atom. The number of phenols is 1. The number of rotatable bonds is 4. The summed E-state index contributed by atoms with van der Waals surface area (Å²) in [6.45, 7) is 0. The molecule has 0 aromatic heterocycles. The SMILES string of the molecule is COC(=O)CS(=O)(=O)Nc1cc(Cl)c(F)cc1O. The van der Waals surface area contributed by atoms with E-state index in [1.807, 2.05) is 4.72 Å². The van der Waals surface area contributed by atoms with Crippen molar-refractivity contribution < 1.29 is 27.4 Å². The standard InChI is InChI=1S/C9H9ClFNO5S/c1-17-9(14)4-18(15,16)12-7-2-5(10)6(11)3-8(7)13/h2-3,12-13H,4H2,1H3. The quantitative estimate of drug-likeness (QED) is 0.641. The van der Waals surface area contributed by atoms with Gasteiger partial charge in [-0.25, -0.2) is 12.8 Å². The largest absolute Gasteiger partial charge is 0.506 e. The molecule has 0 fully saturated rings. The molecule has 1 aromatic carbocycles. The molecule has 0 aliphatic rings. The van der Waals surface area contributed by atoms with Crippen LogP contribution in [0.5, 0.6) is 5.75 Å². The third-order valence-electron chi connectivity index (χ3n) is 1.84. The Labute approximate surface area is 107 Å². The van der Waals surface area contributed by atoms with Gasteiger partial charge in [0.15, 0.2) is 5.75 Å². The molecule has 6 nitrogen and oxygen atoms in total. The highest BCUT2D eigenvalue weighted by molar-refractivity contribution is 7.93. The van der Waals surface area contributed by atoms with Gasteiger partial charge in [-0.1, -0.05) is 11.6 Å². The maximum absolute atomic E-state index is 12.9. The number of aromatic hydroxyl groups is 1. The molecule has 1 rings (SSSR count). The van der Waals surface area contributed by atoms with Gasteiger partial charge in [-0.05, 0) is 6.07 Å². The van der Waals surface area contributed by atoms with Crippen LogP contribution in [0.4, 0.5) is 10.1 Å². The molecule has 0 spiro atoms. The van der Waals surface area contributed by atoms with Crippen molar-refractivity contribution in [3.63, 3.8) is 0 Å². The fourth-order valence-corrected chi connectivity index (χ4v) is 2.20. The van der Waals surface area contributed by atoms with E-state index >= 15 is 0 Å². The molecule has 1 aromatic rings. The number of hydrogen-bond acceptors (Lipinski definition) is 5. The van der Waals surface area contributed by atoms with Crippen LogP contribution in [0.15, 0.2) is 12.1 Å². The van der Waals surface area contributed by atoms with Crippen LogP contribution < -0.4 is 4.72 Å². The molecule has 0 amide bonds. The smallest absolute Gasteiger partial charge is 0.322 e. The summed E-state index contributed by atoms with van der Waals surface area (Å²) >= 11 is 5.44. The number of hydrogen-bond donors (Lipinski definition) is 2. The van der Waals surface area contributed by atoms with E-state index in [-0.39, 0.29) is 10.7 Å². The molecule has 0 saturated carbocycles. The number of anilines is 1. The van der Waals surface area contributed by atoms with Gasteiger partial charge >= 0.3 is 5.97 Å². The molecule has 2 N–H and O–H groups in total. The van der Waals surface area contributed by atoms with E-state index in [1.54, 1.807) is 0 Å². The first-order chi connectivity index (χ1) is 8.25. The Kier molecular flexibility index (Phi) is 4.36. The average molecular weight is 298 g/mol. The zero-order valence-corrected chi connectivity index (χ0v) is 10.7. The zero-order valence-electron chi connectivity index (χ0n) is 9.11. The second kappa shape index (κ2) is 5.40. The second-order valence-electron chi connectivity index (χ2n) is 3.22. The van der Waals surface area contributed by atoms with Gasteiger partial charge in [0.1, 0.15) is 11.6 Å². The number of esters is 1. The monoisotopic (exact) mass is 297 g/mol. The van der Waals surface area contributed by atoms with Crippen molar-refractivity contribution >= 4 is 33.3 Å². The molecule has 9 heteroatoms. The molecule has 18 heavy (non-hydrogen) atoms. The molecule has 0 unspecified atom stereocenters. The predicted octanol–water partition coefficient (Wildman–Crippen LogP) is 1.10. The van der Waals surface area contributed by atoms with E-state index in [2.05, 4.69) is 4.74 Å². The number of phenolic OH excluding ortho intramolecular Hbond substituents is 1. The number of sulfonamides is 1. The number of ether oxygens (including phenoxy) is 1. The van der Waals surface area contributed by atoms with Gasteiger partial charge in [0, 0.05) is 6.07 Å². The van der Waals surface area contributed by atoms with Gasteiger partial charge in [0.2, 0.25) is 10.0 Å². The van der Waals surface area contributed by atoms with Gasteiger partial charge in [-0.2, -0.15) is 0 Å². The van der Waals surface area contributed by atoms with Gasteiger partial charge in [0.05, 0.1) is 17.8 Å². The Morgan fingerprint density at radius 3 is 2.72 bits per heavy atom. The number of carbonyl (C=O) groups is 1. The summed E-state index contributed by atoms with van der Waals surface area (Å²) in [5.74, 6) is -3.46. The molecule has 0 heterocycles. The van der Waals surface area contributed by atoms with E-state index in [0.29, 0.717) is 6.07 Å². The first-order valence-electron chi connectivity index (χ1n) is 4.50. The number of benzene rings is 1. The van der Waals surface area contributed by atoms with Crippen LogP contribution in [0.2, 0.25) is 5.02 Å². The van der Waals surface area contributed by atoms with Crippen LogP contribution in [0.3, 0.4) is 0 Å². The van der Waals surface area contributed by atoms with E-state index < -0.39 is 33.3 Å². The summed E-state index contributed by atoms with van der Waals surface area (Å²) in [6, 6.07) is 1.54. The molecular formula is C9H9ClFNO5S. The van der Waals surface area contributed by atoms with Crippen molar-refractivity contribution in [2.45, 2.75) is 0 Å². The highest BCUT2D eigenvalue weighted by Crippen LogP contribution is 2.30. The van der Waals surface area contributed by atoms with Crippen LogP contribution in [0.1, 0.15) is 0 Å². The van der Waals surface area contributed by atoms with Crippen molar-refractivity contribution in [2.75, 3.05) is 17.6 Å². The summed E-state index contributed by atoms with van der Waals surface area (Å²) in [5.41, 5.74) is -0.328. The maximum atomic E-state index is 12.9. The van der Waals surface area contributed by atoms with Gasteiger partial charge in [-0.3, -0.25) is 9.52 Å². The third kappa shape index (κ3) is 3.74. The van der Waals surface area contributed by atoms with E-state index in [4.69, 9.17) is 11.6 Å². The summed E-state index contributed by atoms with van der Waals surface area (Å²) in [4.78, 5) is 10.8. The Balaban J connectivity index is 2.98. The molecule has 0 atom stereocenters. The summed E-state index contributed by atoms with van der Waals surface area (Å²) in [5, 5.41) is 8.96. The van der Waals surface area contributed by atoms with E-state index in [9.17, 15) is 22.7 Å².